The van der Waals surface area contributed by atoms with Gasteiger partial charge in [-0.1, -0.05) is 144 Å². The monoisotopic (exact) mass is 586 g/mol. The average Bonchev–Trinajstić information content (AvgIpc) is 3.26. The van der Waals surface area contributed by atoms with Crippen molar-refractivity contribution < 1.29 is 26.9 Å². The fourth-order valence-electron chi connectivity index (χ4n) is 4.76. The van der Waals surface area contributed by atoms with E-state index in [0.717, 1.165) is 28.1 Å². The number of hydrogen-bond acceptors (Lipinski definition) is 2. The van der Waals surface area contributed by atoms with Crippen LogP contribution in [0.15, 0.2) is 121 Å². The Morgan fingerprint density at radius 3 is 1.74 bits per heavy atom. The molecule has 196 valence electrons. The van der Waals surface area contributed by atoms with Gasteiger partial charge in [-0.2, -0.15) is 0 Å². The number of aliphatic carboxylic acids is 1. The molecule has 8 heteroatoms. The molecule has 0 unspecified atom stereocenters. The summed E-state index contributed by atoms with van der Waals surface area (Å²) >= 11 is 14.4. The summed E-state index contributed by atoms with van der Waals surface area (Å²) in [5.41, 5.74) is 2.37. The predicted molar refractivity (Wildman–Crippen MR) is 150 cm³/mol. The zero-order chi connectivity index (χ0) is 26.3. The zero-order valence-corrected chi connectivity index (χ0v) is 23.2. The van der Waals surface area contributed by atoms with Crippen LogP contribution in [-0.4, -0.2) is 25.8 Å². The Labute approximate surface area is 243 Å². The number of benzene rings is 4. The lowest BCUT2D eigenvalue weighted by Gasteiger charge is -2.28. The quantitative estimate of drug-likeness (QED) is 0.265. The van der Waals surface area contributed by atoms with Crippen LogP contribution in [-0.2, 0) is 16.9 Å². The molecule has 2 atom stereocenters. The summed E-state index contributed by atoms with van der Waals surface area (Å²) in [6.07, 6.45) is 0. The van der Waals surface area contributed by atoms with E-state index < -0.39 is 21.8 Å². The first-order chi connectivity index (χ1) is 17.9. The highest BCUT2D eigenvalue weighted by molar-refractivity contribution is 6.63. The largest absolute Gasteiger partial charge is 1.00 e. The molecule has 0 amide bonds. The molecule has 1 heterocycles. The number of rotatable bonds is 6. The highest BCUT2D eigenvalue weighted by atomic mass is 35.6. The van der Waals surface area contributed by atoms with Crippen LogP contribution >= 0.6 is 34.8 Å². The summed E-state index contributed by atoms with van der Waals surface area (Å²) in [7, 11) is 0. The summed E-state index contributed by atoms with van der Waals surface area (Å²) in [5.74, 6) is -0.105. The molecule has 0 saturated carbocycles. The fourth-order valence-corrected chi connectivity index (χ4v) is 4.76. The van der Waals surface area contributed by atoms with E-state index in [0.29, 0.717) is 6.54 Å². The van der Waals surface area contributed by atoms with Crippen molar-refractivity contribution in [2.45, 2.75) is 22.4 Å². The molecule has 0 radical (unpaired) electrons. The predicted octanol–water partition coefficient (Wildman–Crippen LogP) is 3.96. The highest BCUT2D eigenvalue weighted by Gasteiger charge is 2.62. The number of carboxylic acids is 1. The SMILES string of the molecule is ClC(Cl)Cl.O=C(O)[C@@]1(c2ccccc2)NC(c2ccccc2)=[N+](Cc2ccccc2)[C@H]1c1ccccc1.[Cl-]. The normalized spacial score (nSPS) is 18.2. The Hall–Kier alpha value is -3.02. The molecular weight excluding hydrogens is 562 g/mol. The molecule has 0 aromatic heterocycles. The molecule has 2 N–H and O–H groups in total. The zero-order valence-electron chi connectivity index (χ0n) is 20.2. The van der Waals surface area contributed by atoms with Gasteiger partial charge in [-0.05, 0) is 17.7 Å². The van der Waals surface area contributed by atoms with Gasteiger partial charge in [-0.25, -0.2) is 9.37 Å². The molecule has 0 saturated heterocycles. The molecule has 4 nitrogen and oxygen atoms in total. The molecule has 1 aliphatic heterocycles. The third-order valence-electron chi connectivity index (χ3n) is 6.25. The van der Waals surface area contributed by atoms with Crippen molar-refractivity contribution in [2.24, 2.45) is 0 Å². The first-order valence-electron chi connectivity index (χ1n) is 11.7. The molecule has 0 fully saturated rings. The average molecular weight is 588 g/mol. The maximum Gasteiger partial charge on any atom is 0.361 e. The number of nitrogens with one attached hydrogen (secondary N) is 1. The van der Waals surface area contributed by atoms with Crippen LogP contribution in [0, 0.1) is 0 Å². The van der Waals surface area contributed by atoms with Gasteiger partial charge in [0.2, 0.25) is 0 Å². The Morgan fingerprint density at radius 1 is 0.789 bits per heavy atom. The number of amidine groups is 1. The van der Waals surface area contributed by atoms with Crippen LogP contribution in [0.1, 0.15) is 28.3 Å². The second-order valence-electron chi connectivity index (χ2n) is 8.49. The van der Waals surface area contributed by atoms with Crippen molar-refractivity contribution in [3.05, 3.63) is 144 Å². The van der Waals surface area contributed by atoms with Crippen molar-refractivity contribution in [1.82, 2.24) is 5.32 Å². The van der Waals surface area contributed by atoms with E-state index in [-0.39, 0.29) is 12.4 Å². The first kappa shape index (κ1) is 29.5. The minimum absolute atomic E-state index is 0. The number of hydrogen-bond donors (Lipinski definition) is 2. The third-order valence-corrected chi connectivity index (χ3v) is 6.25. The maximum atomic E-state index is 13.2. The fraction of sp³-hybridized carbons (Fsp3) is 0.133. The van der Waals surface area contributed by atoms with E-state index in [4.69, 9.17) is 34.8 Å². The van der Waals surface area contributed by atoms with Crippen molar-refractivity contribution in [1.29, 1.82) is 0 Å². The maximum absolute atomic E-state index is 13.2. The van der Waals surface area contributed by atoms with Gasteiger partial charge in [0.05, 0.1) is 5.56 Å². The second-order valence-corrected chi connectivity index (χ2v) is 10.5. The molecule has 4 aromatic carbocycles. The molecule has 0 bridgehead atoms. The van der Waals surface area contributed by atoms with Gasteiger partial charge in [0.25, 0.3) is 11.4 Å². The number of halogens is 4. The second kappa shape index (κ2) is 13.7. The van der Waals surface area contributed by atoms with Gasteiger partial charge in [0, 0.05) is 11.1 Å². The van der Waals surface area contributed by atoms with Crippen LogP contribution in [0.5, 0.6) is 0 Å². The Balaban J connectivity index is 0.000000749. The van der Waals surface area contributed by atoms with E-state index in [9.17, 15) is 9.90 Å². The Morgan fingerprint density at radius 2 is 1.24 bits per heavy atom. The summed E-state index contributed by atoms with van der Waals surface area (Å²) in [5, 5.41) is 14.3. The molecule has 1 aliphatic rings. The van der Waals surface area contributed by atoms with Crippen LogP contribution < -0.4 is 17.7 Å². The summed E-state index contributed by atoms with van der Waals surface area (Å²) in [6, 6.07) is 39.1. The standard InChI is InChI=1S/C29H24N2O2.CHCl3.ClH/c32-28(33)29(25-19-11-4-12-20-25)26(23-15-7-2-8-16-23)31(21-22-13-5-1-6-14-22)27(30-29)24-17-9-3-10-18-24;2-1(3)4;/h1-20,26H,21H2,(H,32,33);1H;1H/t26-,29-;;/m0../s1. The molecule has 4 aromatic rings. The summed E-state index contributed by atoms with van der Waals surface area (Å²) in [4.78, 5) is 13.2. The number of carboxylic acid groups (broad SMARTS) is 1. The summed E-state index contributed by atoms with van der Waals surface area (Å²) in [6.45, 7) is 0.569. The molecular formula is C30H26Cl4N2O2. The number of alkyl halides is 3. The number of nitrogens with zero attached hydrogens (tertiary/aromatic N) is 1. The minimum Gasteiger partial charge on any atom is -1.00 e. The smallest absolute Gasteiger partial charge is 0.361 e. The lowest BCUT2D eigenvalue weighted by molar-refractivity contribution is -0.586. The minimum atomic E-state index is -1.36. The first-order valence-corrected chi connectivity index (χ1v) is 13.0. The van der Waals surface area contributed by atoms with Crippen LogP contribution in [0.4, 0.5) is 0 Å². The number of carbonyl (C=O) groups is 1. The lowest BCUT2D eigenvalue weighted by Crippen LogP contribution is -3.00. The lowest BCUT2D eigenvalue weighted by atomic mass is 9.79. The van der Waals surface area contributed by atoms with Crippen LogP contribution in [0.3, 0.4) is 0 Å². The van der Waals surface area contributed by atoms with Crippen LogP contribution in [0.2, 0.25) is 0 Å². The van der Waals surface area contributed by atoms with E-state index in [1.807, 2.05) is 109 Å². The molecule has 5 rings (SSSR count). The topological polar surface area (TPSA) is 52.3 Å². The van der Waals surface area contributed by atoms with E-state index in [2.05, 4.69) is 22.0 Å². The van der Waals surface area contributed by atoms with Crippen LogP contribution in [0.25, 0.3) is 0 Å². The van der Waals surface area contributed by atoms with Gasteiger partial charge in [-0.3, -0.25) is 5.32 Å². The highest BCUT2D eigenvalue weighted by Crippen LogP contribution is 2.43. The van der Waals surface area contributed by atoms with Gasteiger partial charge < -0.3 is 17.5 Å². The van der Waals surface area contributed by atoms with Crippen molar-refractivity contribution in [2.75, 3.05) is 0 Å². The van der Waals surface area contributed by atoms with E-state index in [1.165, 1.54) is 0 Å². The summed E-state index contributed by atoms with van der Waals surface area (Å²) < 4.78 is 1.45. The van der Waals surface area contributed by atoms with Gasteiger partial charge in [-0.15, -0.1) is 0 Å². The molecule has 0 spiro atoms. The van der Waals surface area contributed by atoms with Crippen molar-refractivity contribution in [3.8, 4) is 0 Å². The van der Waals surface area contributed by atoms with Crippen molar-refractivity contribution >= 4 is 46.6 Å². The van der Waals surface area contributed by atoms with E-state index in [1.54, 1.807) is 0 Å². The van der Waals surface area contributed by atoms with Gasteiger partial charge in [0.1, 0.15) is 6.54 Å². The van der Waals surface area contributed by atoms with Gasteiger partial charge >= 0.3 is 5.97 Å². The third kappa shape index (κ3) is 6.51. The van der Waals surface area contributed by atoms with Crippen molar-refractivity contribution in [3.63, 3.8) is 0 Å². The Bertz CT molecular complexity index is 1340. The van der Waals surface area contributed by atoms with Gasteiger partial charge in [0.15, 0.2) is 10.3 Å². The Kier molecular flexibility index (Phi) is 10.6. The molecule has 0 aliphatic carbocycles. The molecule has 38 heavy (non-hydrogen) atoms. The van der Waals surface area contributed by atoms with E-state index >= 15 is 0 Å².